The average molecular weight is 591 g/mol. The van der Waals surface area contributed by atoms with E-state index in [4.69, 9.17) is 9.47 Å². The van der Waals surface area contributed by atoms with Crippen LogP contribution in [0, 0.1) is 0 Å². The average Bonchev–Trinajstić information content (AvgIpc) is 2.96. The van der Waals surface area contributed by atoms with Gasteiger partial charge in [0.1, 0.15) is 23.0 Å². The Kier molecular flexibility index (Phi) is 9.32. The van der Waals surface area contributed by atoms with Crippen molar-refractivity contribution >= 4 is 0 Å². The first-order valence-corrected chi connectivity index (χ1v) is 14.1. The summed E-state index contributed by atoms with van der Waals surface area (Å²) < 4.78 is 82.3. The molecular formula is C31H35F5N4O2. The van der Waals surface area contributed by atoms with Crippen LogP contribution in [0.3, 0.4) is 0 Å². The molecule has 0 aromatic heterocycles. The van der Waals surface area contributed by atoms with Gasteiger partial charge in [-0.15, -0.1) is 0 Å². The Morgan fingerprint density at radius 3 is 1.43 bits per heavy atom. The molecule has 2 heterocycles. The molecule has 0 bridgehead atoms. The van der Waals surface area contributed by atoms with Gasteiger partial charge in [0.15, 0.2) is 0 Å². The predicted octanol–water partition coefficient (Wildman–Crippen LogP) is 6.21. The molecule has 2 saturated heterocycles. The topological polar surface area (TPSA) is 49.0 Å². The fraction of sp³-hybridized carbons (Fsp3) is 0.419. The second-order valence-electron chi connectivity index (χ2n) is 10.8. The number of piperazine rings is 2. The Morgan fingerprint density at radius 1 is 0.619 bits per heavy atom. The summed E-state index contributed by atoms with van der Waals surface area (Å²) in [6.07, 6.45) is -4.60. The molecule has 2 N–H and O–H groups in total. The van der Waals surface area contributed by atoms with E-state index in [1.54, 1.807) is 12.1 Å². The highest BCUT2D eigenvalue weighted by Gasteiger charge is 2.35. The summed E-state index contributed by atoms with van der Waals surface area (Å²) in [6, 6.07) is 14.7. The van der Waals surface area contributed by atoms with Gasteiger partial charge in [0.2, 0.25) is 0 Å². The standard InChI is InChI=1S/C31H35F5N4O2/c1-30(32,33)26-18-22(20-39-14-10-37-11-15-39)2-8-28(26)41-24-4-6-25(7-5-24)42-29-9-3-23(19-27(29)31(34,35)36)21-40-16-12-38-13-17-40/h2-9,18-19,37-38H,10-17,20-21H2,1H3. The van der Waals surface area contributed by atoms with Crippen LogP contribution in [0.4, 0.5) is 22.0 Å². The smallest absolute Gasteiger partial charge is 0.419 e. The minimum Gasteiger partial charge on any atom is -0.457 e. The number of nitrogens with one attached hydrogen (secondary N) is 2. The largest absolute Gasteiger partial charge is 0.457 e. The molecule has 0 saturated carbocycles. The third-order valence-corrected chi connectivity index (χ3v) is 7.38. The van der Waals surface area contributed by atoms with Crippen molar-refractivity contribution in [3.8, 4) is 23.0 Å². The lowest BCUT2D eigenvalue weighted by atomic mass is 10.0. The van der Waals surface area contributed by atoms with Gasteiger partial charge < -0.3 is 20.1 Å². The molecule has 226 valence electrons. The van der Waals surface area contributed by atoms with E-state index in [2.05, 4.69) is 20.4 Å². The Bertz CT molecular complexity index is 1230. The van der Waals surface area contributed by atoms with Gasteiger partial charge in [0.05, 0.1) is 11.1 Å². The van der Waals surface area contributed by atoms with Crippen molar-refractivity contribution in [2.75, 3.05) is 52.4 Å². The van der Waals surface area contributed by atoms with E-state index in [9.17, 15) is 22.0 Å². The third-order valence-electron chi connectivity index (χ3n) is 7.38. The Morgan fingerprint density at radius 2 is 1.02 bits per heavy atom. The maximum absolute atomic E-state index is 14.6. The van der Waals surface area contributed by atoms with Gasteiger partial charge in [0, 0.05) is 72.4 Å². The zero-order chi connectivity index (χ0) is 29.7. The molecule has 0 aliphatic carbocycles. The zero-order valence-corrected chi connectivity index (χ0v) is 23.4. The fourth-order valence-corrected chi connectivity index (χ4v) is 5.18. The number of alkyl halides is 5. The van der Waals surface area contributed by atoms with Crippen molar-refractivity contribution < 1.29 is 31.4 Å². The molecule has 0 radical (unpaired) electrons. The van der Waals surface area contributed by atoms with E-state index >= 15 is 0 Å². The lowest BCUT2D eigenvalue weighted by Crippen LogP contribution is -2.42. The first-order chi connectivity index (χ1) is 20.0. The number of ether oxygens (including phenoxy) is 2. The fourth-order valence-electron chi connectivity index (χ4n) is 5.18. The molecule has 2 fully saturated rings. The van der Waals surface area contributed by atoms with E-state index < -0.39 is 17.7 Å². The van der Waals surface area contributed by atoms with Crippen molar-refractivity contribution in [1.29, 1.82) is 0 Å². The van der Waals surface area contributed by atoms with Crippen LogP contribution >= 0.6 is 0 Å². The van der Waals surface area contributed by atoms with Crippen LogP contribution in [0.2, 0.25) is 0 Å². The van der Waals surface area contributed by atoms with E-state index in [-0.39, 0.29) is 28.6 Å². The normalized spacial score (nSPS) is 17.3. The van der Waals surface area contributed by atoms with Gasteiger partial charge in [-0.05, 0) is 59.7 Å². The molecule has 3 aromatic rings. The van der Waals surface area contributed by atoms with Crippen LogP contribution in [0.25, 0.3) is 0 Å². The molecule has 5 rings (SSSR count). The van der Waals surface area contributed by atoms with Crippen LogP contribution < -0.4 is 20.1 Å². The lowest BCUT2D eigenvalue weighted by Gasteiger charge is -2.27. The summed E-state index contributed by atoms with van der Waals surface area (Å²) in [5.41, 5.74) is 0.240. The Labute approximate surface area is 242 Å². The number of rotatable bonds is 9. The molecule has 3 aromatic carbocycles. The highest BCUT2D eigenvalue weighted by atomic mass is 19.4. The van der Waals surface area contributed by atoms with Crippen molar-refractivity contribution in [3.05, 3.63) is 82.9 Å². The molecule has 0 atom stereocenters. The minimum atomic E-state index is -4.60. The summed E-state index contributed by atoms with van der Waals surface area (Å²) in [6.45, 7) is 8.36. The number of nitrogens with zero attached hydrogens (tertiary/aromatic N) is 2. The van der Waals surface area contributed by atoms with Gasteiger partial charge in [0.25, 0.3) is 5.92 Å². The maximum atomic E-state index is 14.6. The zero-order valence-electron chi connectivity index (χ0n) is 23.4. The number of halogens is 5. The molecule has 6 nitrogen and oxygen atoms in total. The maximum Gasteiger partial charge on any atom is 0.419 e. The van der Waals surface area contributed by atoms with Crippen LogP contribution in [0.15, 0.2) is 60.7 Å². The highest BCUT2D eigenvalue weighted by molar-refractivity contribution is 5.46. The van der Waals surface area contributed by atoms with Gasteiger partial charge >= 0.3 is 6.18 Å². The Balaban J connectivity index is 1.29. The van der Waals surface area contributed by atoms with Crippen LogP contribution in [0.1, 0.15) is 29.2 Å². The van der Waals surface area contributed by atoms with E-state index in [0.717, 1.165) is 70.9 Å². The molecule has 0 spiro atoms. The SMILES string of the molecule is CC(F)(F)c1cc(CN2CCNCC2)ccc1Oc1ccc(Oc2ccc(CN3CCNCC3)cc2C(F)(F)F)cc1. The highest BCUT2D eigenvalue weighted by Crippen LogP contribution is 2.40. The number of benzene rings is 3. The number of hydrogen-bond donors (Lipinski definition) is 2. The Hall–Kier alpha value is -3.25. The summed E-state index contributed by atoms with van der Waals surface area (Å²) in [5.74, 6) is -3.02. The summed E-state index contributed by atoms with van der Waals surface area (Å²) >= 11 is 0. The van der Waals surface area contributed by atoms with Gasteiger partial charge in [-0.1, -0.05) is 12.1 Å². The van der Waals surface area contributed by atoms with Crippen LogP contribution in [0.5, 0.6) is 23.0 Å². The molecule has 42 heavy (non-hydrogen) atoms. The molecule has 0 unspecified atom stereocenters. The lowest BCUT2D eigenvalue weighted by molar-refractivity contribution is -0.138. The van der Waals surface area contributed by atoms with E-state index in [0.29, 0.717) is 18.7 Å². The van der Waals surface area contributed by atoms with Crippen molar-refractivity contribution in [3.63, 3.8) is 0 Å². The molecule has 2 aliphatic rings. The van der Waals surface area contributed by atoms with Crippen molar-refractivity contribution in [1.82, 2.24) is 20.4 Å². The van der Waals surface area contributed by atoms with Crippen molar-refractivity contribution in [2.24, 2.45) is 0 Å². The summed E-state index contributed by atoms with van der Waals surface area (Å²) in [4.78, 5) is 4.30. The molecule has 11 heteroatoms. The van der Waals surface area contributed by atoms with Gasteiger partial charge in [-0.3, -0.25) is 9.80 Å². The summed E-state index contributed by atoms with van der Waals surface area (Å²) in [7, 11) is 0. The van der Waals surface area contributed by atoms with Crippen LogP contribution in [-0.4, -0.2) is 62.2 Å². The first kappa shape index (κ1) is 30.2. The second-order valence-corrected chi connectivity index (χ2v) is 10.8. The molecular weight excluding hydrogens is 555 g/mol. The minimum absolute atomic E-state index is 0.0136. The molecule has 0 amide bonds. The quantitative estimate of drug-likeness (QED) is 0.289. The number of hydrogen-bond acceptors (Lipinski definition) is 6. The first-order valence-electron chi connectivity index (χ1n) is 14.1. The van der Waals surface area contributed by atoms with Crippen molar-refractivity contribution in [2.45, 2.75) is 32.1 Å². The summed E-state index contributed by atoms with van der Waals surface area (Å²) in [5, 5.41) is 6.50. The second kappa shape index (κ2) is 12.9. The van der Waals surface area contributed by atoms with E-state index in [1.165, 1.54) is 42.5 Å². The monoisotopic (exact) mass is 590 g/mol. The molecule has 2 aliphatic heterocycles. The van der Waals surface area contributed by atoms with Gasteiger partial charge in [-0.25, -0.2) is 8.78 Å². The predicted molar refractivity (Wildman–Crippen MR) is 150 cm³/mol. The van der Waals surface area contributed by atoms with Crippen LogP contribution in [-0.2, 0) is 25.2 Å². The third kappa shape index (κ3) is 7.97. The van der Waals surface area contributed by atoms with E-state index in [1.807, 2.05) is 0 Å². The van der Waals surface area contributed by atoms with Gasteiger partial charge in [-0.2, -0.15) is 13.2 Å².